The van der Waals surface area contributed by atoms with Gasteiger partial charge >= 0.3 is 5.97 Å². The third kappa shape index (κ3) is 2.56. The van der Waals surface area contributed by atoms with Gasteiger partial charge in [0.15, 0.2) is 0 Å². The number of esters is 1. The molecule has 2 aromatic heterocycles. The van der Waals surface area contributed by atoms with Crippen molar-refractivity contribution in [2.24, 2.45) is 7.05 Å². The molecule has 0 aliphatic rings. The van der Waals surface area contributed by atoms with Crippen LogP contribution in [-0.2, 0) is 11.8 Å². The Balaban J connectivity index is 2.57. The molecule has 0 saturated carbocycles. The lowest BCUT2D eigenvalue weighted by Gasteiger charge is -2.07. The number of methoxy groups -OCH3 is 1. The Morgan fingerprint density at radius 3 is 2.75 bits per heavy atom. The SMILES string of the molecule is CCOc1nn(C)cc1-n1cc(C(=O)OC)ccc1=O. The average molecular weight is 277 g/mol. The molecule has 7 heteroatoms. The van der Waals surface area contributed by atoms with Gasteiger partial charge in [-0.2, -0.15) is 0 Å². The summed E-state index contributed by atoms with van der Waals surface area (Å²) in [5, 5.41) is 4.13. The van der Waals surface area contributed by atoms with Crippen molar-refractivity contribution in [3.8, 4) is 11.6 Å². The summed E-state index contributed by atoms with van der Waals surface area (Å²) in [5.74, 6) is -0.181. The quantitative estimate of drug-likeness (QED) is 0.771. The summed E-state index contributed by atoms with van der Waals surface area (Å²) in [4.78, 5) is 23.5. The molecular weight excluding hydrogens is 262 g/mol. The highest BCUT2D eigenvalue weighted by Gasteiger charge is 2.14. The molecule has 0 bridgehead atoms. The number of nitrogens with zero attached hydrogens (tertiary/aromatic N) is 3. The summed E-state index contributed by atoms with van der Waals surface area (Å²) < 4.78 is 12.9. The van der Waals surface area contributed by atoms with Crippen molar-refractivity contribution in [1.82, 2.24) is 14.3 Å². The molecule has 0 aliphatic carbocycles. The van der Waals surface area contributed by atoms with E-state index in [9.17, 15) is 9.59 Å². The van der Waals surface area contributed by atoms with Crippen LogP contribution in [-0.4, -0.2) is 34.0 Å². The van der Waals surface area contributed by atoms with Gasteiger partial charge in [0.2, 0.25) is 0 Å². The molecule has 0 radical (unpaired) electrons. The van der Waals surface area contributed by atoms with Crippen LogP contribution in [0.5, 0.6) is 5.88 Å². The lowest BCUT2D eigenvalue weighted by atomic mass is 10.3. The van der Waals surface area contributed by atoms with Crippen molar-refractivity contribution < 1.29 is 14.3 Å². The first kappa shape index (κ1) is 13.9. The summed E-state index contributed by atoms with van der Waals surface area (Å²) in [6.45, 7) is 2.25. The first-order valence-electron chi connectivity index (χ1n) is 6.04. The van der Waals surface area contributed by atoms with Crippen LogP contribution < -0.4 is 10.3 Å². The average Bonchev–Trinajstić information content (AvgIpc) is 2.79. The molecule has 0 aromatic carbocycles. The third-order valence-corrected chi connectivity index (χ3v) is 2.65. The van der Waals surface area contributed by atoms with Crippen LogP contribution in [0.2, 0.25) is 0 Å². The second kappa shape index (κ2) is 5.60. The molecule has 0 unspecified atom stereocenters. The Morgan fingerprint density at radius 1 is 1.35 bits per heavy atom. The fourth-order valence-electron chi connectivity index (χ4n) is 1.77. The van der Waals surface area contributed by atoms with Gasteiger partial charge in [0.05, 0.1) is 25.5 Å². The standard InChI is InChI=1S/C13H15N3O4/c1-4-20-12-10(8-15(2)14-12)16-7-9(13(18)19-3)5-6-11(16)17/h5-8H,4H2,1-3H3. The van der Waals surface area contributed by atoms with E-state index in [1.54, 1.807) is 13.2 Å². The largest absolute Gasteiger partial charge is 0.475 e. The van der Waals surface area contributed by atoms with E-state index in [1.807, 2.05) is 6.92 Å². The summed E-state index contributed by atoms with van der Waals surface area (Å²) >= 11 is 0. The lowest BCUT2D eigenvalue weighted by Crippen LogP contribution is -2.19. The van der Waals surface area contributed by atoms with Crippen LogP contribution in [0.1, 0.15) is 17.3 Å². The monoisotopic (exact) mass is 277 g/mol. The Hall–Kier alpha value is -2.57. The molecule has 0 N–H and O–H groups in total. The van der Waals surface area contributed by atoms with Crippen LogP contribution >= 0.6 is 0 Å². The summed E-state index contributed by atoms with van der Waals surface area (Å²) in [6.07, 6.45) is 3.06. The molecular formula is C13H15N3O4. The number of carbonyl (C=O) groups excluding carboxylic acids is 1. The van der Waals surface area contributed by atoms with Crippen molar-refractivity contribution in [2.75, 3.05) is 13.7 Å². The molecule has 106 valence electrons. The van der Waals surface area contributed by atoms with Gasteiger partial charge in [-0.15, -0.1) is 5.10 Å². The van der Waals surface area contributed by atoms with Gasteiger partial charge in [0.25, 0.3) is 11.4 Å². The zero-order chi connectivity index (χ0) is 14.7. The number of aromatic nitrogens is 3. The van der Waals surface area contributed by atoms with Crippen molar-refractivity contribution in [3.05, 3.63) is 40.4 Å². The molecule has 2 aromatic rings. The highest BCUT2D eigenvalue weighted by Crippen LogP contribution is 2.19. The number of aryl methyl sites for hydroxylation is 1. The second-order valence-corrected chi connectivity index (χ2v) is 4.04. The normalized spacial score (nSPS) is 10.3. The van der Waals surface area contributed by atoms with E-state index in [0.717, 1.165) is 0 Å². The predicted octanol–water partition coefficient (Wildman–Crippen LogP) is 0.756. The first-order chi connectivity index (χ1) is 9.56. The topological polar surface area (TPSA) is 75.3 Å². The van der Waals surface area contributed by atoms with Crippen LogP contribution in [0.3, 0.4) is 0 Å². The van der Waals surface area contributed by atoms with E-state index in [4.69, 9.17) is 4.74 Å². The maximum absolute atomic E-state index is 12.0. The van der Waals surface area contributed by atoms with Crippen LogP contribution in [0, 0.1) is 0 Å². The molecule has 0 aliphatic heterocycles. The lowest BCUT2D eigenvalue weighted by molar-refractivity contribution is 0.0600. The minimum Gasteiger partial charge on any atom is -0.475 e. The van der Waals surface area contributed by atoms with Gasteiger partial charge in [0.1, 0.15) is 5.69 Å². The Morgan fingerprint density at radius 2 is 2.10 bits per heavy atom. The van der Waals surface area contributed by atoms with Crippen LogP contribution in [0.25, 0.3) is 5.69 Å². The predicted molar refractivity (Wildman–Crippen MR) is 71.3 cm³/mol. The number of pyridine rings is 1. The number of rotatable bonds is 4. The van der Waals surface area contributed by atoms with Crippen LogP contribution in [0.15, 0.2) is 29.3 Å². The number of ether oxygens (including phenoxy) is 2. The van der Waals surface area contributed by atoms with Gasteiger partial charge in [-0.1, -0.05) is 0 Å². The minimum absolute atomic E-state index is 0.276. The zero-order valence-corrected chi connectivity index (χ0v) is 11.5. The van der Waals surface area contributed by atoms with Crippen molar-refractivity contribution in [1.29, 1.82) is 0 Å². The van der Waals surface area contributed by atoms with E-state index < -0.39 is 5.97 Å². The smallest absolute Gasteiger partial charge is 0.339 e. The summed E-state index contributed by atoms with van der Waals surface area (Å²) in [6, 6.07) is 2.72. The van der Waals surface area contributed by atoms with Gasteiger partial charge in [-0.05, 0) is 13.0 Å². The van der Waals surface area contributed by atoms with Gasteiger partial charge < -0.3 is 9.47 Å². The van der Waals surface area contributed by atoms with Crippen molar-refractivity contribution in [2.45, 2.75) is 6.92 Å². The molecule has 7 nitrogen and oxygen atoms in total. The highest BCUT2D eigenvalue weighted by molar-refractivity contribution is 5.88. The van der Waals surface area contributed by atoms with E-state index in [-0.39, 0.29) is 11.1 Å². The second-order valence-electron chi connectivity index (χ2n) is 4.04. The van der Waals surface area contributed by atoms with Gasteiger partial charge in [-0.3, -0.25) is 14.0 Å². The summed E-state index contributed by atoms with van der Waals surface area (Å²) in [7, 11) is 3.01. The molecule has 2 heterocycles. The third-order valence-electron chi connectivity index (χ3n) is 2.65. The molecule has 2 rings (SSSR count). The maximum Gasteiger partial charge on any atom is 0.339 e. The Kier molecular flexibility index (Phi) is 3.88. The Bertz CT molecular complexity index is 687. The molecule has 0 spiro atoms. The number of hydrogen-bond donors (Lipinski definition) is 0. The fourth-order valence-corrected chi connectivity index (χ4v) is 1.77. The molecule has 0 amide bonds. The van der Waals surface area contributed by atoms with E-state index in [2.05, 4.69) is 9.84 Å². The van der Waals surface area contributed by atoms with E-state index >= 15 is 0 Å². The molecule has 0 saturated heterocycles. The number of hydrogen-bond acceptors (Lipinski definition) is 5. The van der Waals surface area contributed by atoms with E-state index in [1.165, 1.54) is 34.7 Å². The highest BCUT2D eigenvalue weighted by atomic mass is 16.5. The van der Waals surface area contributed by atoms with Gasteiger partial charge in [-0.25, -0.2) is 4.79 Å². The van der Waals surface area contributed by atoms with Crippen molar-refractivity contribution >= 4 is 5.97 Å². The fraction of sp³-hybridized carbons (Fsp3) is 0.308. The first-order valence-corrected chi connectivity index (χ1v) is 6.04. The van der Waals surface area contributed by atoms with Gasteiger partial charge in [0, 0.05) is 19.3 Å². The molecule has 20 heavy (non-hydrogen) atoms. The van der Waals surface area contributed by atoms with Crippen molar-refractivity contribution in [3.63, 3.8) is 0 Å². The maximum atomic E-state index is 12.0. The summed E-state index contributed by atoms with van der Waals surface area (Å²) in [5.41, 5.74) is 0.468. The Labute approximate surface area is 115 Å². The molecule has 0 atom stereocenters. The molecule has 0 fully saturated rings. The van der Waals surface area contributed by atoms with E-state index in [0.29, 0.717) is 18.2 Å². The minimum atomic E-state index is -0.513. The number of carbonyl (C=O) groups is 1. The zero-order valence-electron chi connectivity index (χ0n) is 11.5. The van der Waals surface area contributed by atoms with Crippen LogP contribution in [0.4, 0.5) is 0 Å².